The van der Waals surface area contributed by atoms with E-state index in [-0.39, 0.29) is 0 Å². The highest BCUT2D eigenvalue weighted by Crippen LogP contribution is 2.36. The molecule has 5 unspecified atom stereocenters. The van der Waals surface area contributed by atoms with E-state index in [1.54, 1.807) is 0 Å². The van der Waals surface area contributed by atoms with Gasteiger partial charge >= 0.3 is 0 Å². The van der Waals surface area contributed by atoms with Crippen LogP contribution < -0.4 is 0 Å². The Hall–Kier alpha value is 1.50. The molecule has 0 fully saturated rings. The molecule has 1 aliphatic carbocycles. The van der Waals surface area contributed by atoms with Crippen molar-refractivity contribution in [2.45, 2.75) is 22.9 Å². The first-order chi connectivity index (χ1) is 5.52. The number of halogens is 1. The lowest BCUT2D eigenvalue weighted by Crippen LogP contribution is -2.06. The highest BCUT2D eigenvalue weighted by Gasteiger charge is 2.17. The topological polar surface area (TPSA) is 0 Å². The Balaban J connectivity index is 2.97. The minimum absolute atomic E-state index is 0.616. The zero-order valence-corrected chi connectivity index (χ0v) is 12.7. The first kappa shape index (κ1) is 11.6. The number of rotatable bonds is 0. The van der Waals surface area contributed by atoms with Crippen LogP contribution in [0.15, 0.2) is 22.3 Å². The molecule has 0 aromatic carbocycles. The molecule has 1 aliphatic rings. The summed E-state index contributed by atoms with van der Waals surface area (Å²) in [5.41, 5.74) is 2.11. The lowest BCUT2D eigenvalue weighted by Gasteiger charge is -2.13. The van der Waals surface area contributed by atoms with E-state index in [1.165, 1.54) is 22.6 Å². The van der Waals surface area contributed by atoms with Gasteiger partial charge < -0.3 is 0 Å². The van der Waals surface area contributed by atoms with Crippen LogP contribution in [0.2, 0.25) is 0 Å². The lowest BCUT2D eigenvalue weighted by atomic mass is 10.1. The van der Waals surface area contributed by atoms with Crippen molar-refractivity contribution in [3.63, 3.8) is 0 Å². The van der Waals surface area contributed by atoms with E-state index in [9.17, 15) is 0 Å². The van der Waals surface area contributed by atoms with Crippen LogP contribution in [0.25, 0.3) is 0 Å². The summed E-state index contributed by atoms with van der Waals surface area (Å²) >= 11 is 2.52. The molecular weight excluding hydrogens is 316 g/mol. The standard InChI is InChI=1S/C8H14IP3/c1-4-5(9)2-7(11)8(12)3-6(4)10/h3,5,7H,2,10-12H2,1H3. The van der Waals surface area contributed by atoms with E-state index < -0.39 is 0 Å². The Morgan fingerprint density at radius 1 is 1.50 bits per heavy atom. The Morgan fingerprint density at radius 2 is 2.08 bits per heavy atom. The molecule has 5 atom stereocenters. The van der Waals surface area contributed by atoms with Gasteiger partial charge in [-0.2, -0.15) is 0 Å². The summed E-state index contributed by atoms with van der Waals surface area (Å²) in [6.07, 6.45) is 3.48. The fraction of sp³-hybridized carbons (Fsp3) is 0.500. The minimum atomic E-state index is 0.616. The molecule has 12 heavy (non-hydrogen) atoms. The highest BCUT2D eigenvalue weighted by atomic mass is 127. The molecular formula is C8H14IP3. The molecule has 0 saturated heterocycles. The van der Waals surface area contributed by atoms with Crippen molar-refractivity contribution in [3.05, 3.63) is 22.3 Å². The van der Waals surface area contributed by atoms with E-state index in [0.29, 0.717) is 9.58 Å². The Bertz CT molecular complexity index is 245. The number of hydrogen-bond acceptors (Lipinski definition) is 0. The van der Waals surface area contributed by atoms with Crippen molar-refractivity contribution in [2.24, 2.45) is 0 Å². The Kier molecular flexibility index (Phi) is 4.66. The van der Waals surface area contributed by atoms with Crippen LogP contribution in [0.5, 0.6) is 0 Å². The highest BCUT2D eigenvalue weighted by molar-refractivity contribution is 14.1. The monoisotopic (exact) mass is 330 g/mol. The third kappa shape index (κ3) is 2.74. The summed E-state index contributed by atoms with van der Waals surface area (Å²) in [7, 11) is 8.55. The van der Waals surface area contributed by atoms with E-state index in [1.807, 2.05) is 0 Å². The fourth-order valence-corrected chi connectivity index (χ4v) is 4.19. The third-order valence-corrected chi connectivity index (χ3v) is 5.84. The number of hydrogen-bond donors (Lipinski definition) is 0. The summed E-state index contributed by atoms with van der Waals surface area (Å²) < 4.78 is 0.673. The molecule has 0 bridgehead atoms. The molecule has 0 saturated carbocycles. The second kappa shape index (κ2) is 4.83. The van der Waals surface area contributed by atoms with Crippen LogP contribution in [0.4, 0.5) is 0 Å². The van der Waals surface area contributed by atoms with Gasteiger partial charge in [0.1, 0.15) is 0 Å². The van der Waals surface area contributed by atoms with Gasteiger partial charge in [0.05, 0.1) is 0 Å². The molecule has 0 nitrogen and oxygen atoms in total. The maximum absolute atomic E-state index is 2.90. The van der Waals surface area contributed by atoms with E-state index in [2.05, 4.69) is 63.3 Å². The second-order valence-electron chi connectivity index (χ2n) is 3.09. The van der Waals surface area contributed by atoms with E-state index in [4.69, 9.17) is 0 Å². The van der Waals surface area contributed by atoms with Crippen LogP contribution in [0.3, 0.4) is 0 Å². The lowest BCUT2D eigenvalue weighted by molar-refractivity contribution is 0.888. The SMILES string of the molecule is CC1=C(P)C=C(P)C(P)CC1I. The van der Waals surface area contributed by atoms with Gasteiger partial charge in [0.25, 0.3) is 0 Å². The van der Waals surface area contributed by atoms with Crippen LogP contribution >= 0.6 is 50.3 Å². The maximum Gasteiger partial charge on any atom is 0.0334 e. The van der Waals surface area contributed by atoms with Crippen LogP contribution in [-0.2, 0) is 0 Å². The van der Waals surface area contributed by atoms with Gasteiger partial charge in [-0.05, 0) is 29.6 Å². The number of allylic oxidation sites excluding steroid dienone is 4. The molecule has 0 amide bonds. The molecule has 0 spiro atoms. The summed E-state index contributed by atoms with van der Waals surface area (Å²) in [5, 5.41) is 2.74. The van der Waals surface area contributed by atoms with E-state index >= 15 is 0 Å². The van der Waals surface area contributed by atoms with Crippen molar-refractivity contribution in [3.8, 4) is 0 Å². The maximum atomic E-state index is 2.90. The van der Waals surface area contributed by atoms with Gasteiger partial charge in [0, 0.05) is 3.92 Å². The molecule has 0 radical (unpaired) electrons. The molecule has 0 heterocycles. The minimum Gasteiger partial charge on any atom is -0.130 e. The third-order valence-electron chi connectivity index (χ3n) is 2.14. The first-order valence-electron chi connectivity index (χ1n) is 3.85. The molecule has 4 heteroatoms. The Morgan fingerprint density at radius 3 is 2.67 bits per heavy atom. The predicted molar refractivity (Wildman–Crippen MR) is 76.1 cm³/mol. The molecule has 0 aromatic rings. The molecule has 68 valence electrons. The van der Waals surface area contributed by atoms with Crippen molar-refractivity contribution >= 4 is 50.3 Å². The van der Waals surface area contributed by atoms with Crippen LogP contribution in [0, 0.1) is 0 Å². The predicted octanol–water partition coefficient (Wildman–Crippen LogP) is 3.35. The zero-order chi connectivity index (χ0) is 9.30. The van der Waals surface area contributed by atoms with Crippen molar-refractivity contribution in [2.75, 3.05) is 0 Å². The van der Waals surface area contributed by atoms with Crippen molar-refractivity contribution < 1.29 is 0 Å². The zero-order valence-electron chi connectivity index (χ0n) is 7.05. The average Bonchev–Trinajstić information content (AvgIpc) is 2.07. The van der Waals surface area contributed by atoms with Crippen molar-refractivity contribution in [1.82, 2.24) is 0 Å². The van der Waals surface area contributed by atoms with Gasteiger partial charge in [-0.3, -0.25) is 0 Å². The van der Waals surface area contributed by atoms with E-state index in [0.717, 1.165) is 0 Å². The van der Waals surface area contributed by atoms with Gasteiger partial charge in [-0.25, -0.2) is 0 Å². The smallest absolute Gasteiger partial charge is 0.0334 e. The second-order valence-corrected chi connectivity index (χ2v) is 6.69. The van der Waals surface area contributed by atoms with Crippen LogP contribution in [0.1, 0.15) is 13.3 Å². The molecule has 1 rings (SSSR count). The van der Waals surface area contributed by atoms with Crippen molar-refractivity contribution in [1.29, 1.82) is 0 Å². The van der Waals surface area contributed by atoms with Gasteiger partial charge in [-0.1, -0.05) is 34.2 Å². The van der Waals surface area contributed by atoms with Gasteiger partial charge in [0.2, 0.25) is 0 Å². The van der Waals surface area contributed by atoms with Gasteiger partial charge in [-0.15, -0.1) is 27.7 Å². The number of alkyl halides is 1. The largest absolute Gasteiger partial charge is 0.130 e. The summed E-state index contributed by atoms with van der Waals surface area (Å²) in [5.74, 6) is 0. The summed E-state index contributed by atoms with van der Waals surface area (Å²) in [6.45, 7) is 2.22. The molecule has 0 aromatic heterocycles. The Labute approximate surface area is 95.2 Å². The first-order valence-corrected chi connectivity index (χ1v) is 6.92. The molecule has 0 aliphatic heterocycles. The summed E-state index contributed by atoms with van der Waals surface area (Å²) in [4.78, 5) is 0. The molecule has 0 N–H and O–H groups in total. The van der Waals surface area contributed by atoms with Gasteiger partial charge in [0.15, 0.2) is 0 Å². The average molecular weight is 330 g/mol. The summed E-state index contributed by atoms with van der Waals surface area (Å²) in [6, 6.07) is 0. The quantitative estimate of drug-likeness (QED) is 0.363. The van der Waals surface area contributed by atoms with Crippen LogP contribution in [-0.4, -0.2) is 9.58 Å². The normalized spacial score (nSPS) is 31.6. The fourth-order valence-electron chi connectivity index (χ4n) is 1.12.